The molecule has 0 aliphatic heterocycles. The molecule has 3 aromatic carbocycles. The second-order valence-electron chi connectivity index (χ2n) is 7.51. The molecule has 4 aromatic rings. The van der Waals surface area contributed by atoms with Gasteiger partial charge in [-0.05, 0) is 68.4 Å². The fraction of sp³-hybridized carbons (Fsp3) is 0.160. The number of urea groups is 1. The molecule has 0 fully saturated rings. The van der Waals surface area contributed by atoms with Crippen LogP contribution >= 0.6 is 15.9 Å². The highest BCUT2D eigenvalue weighted by molar-refractivity contribution is 9.10. The Balaban J connectivity index is 1.81. The van der Waals surface area contributed by atoms with Gasteiger partial charge < -0.3 is 10.2 Å². The number of fused-ring (bicyclic) bond motifs is 1. The Labute approximate surface area is 198 Å². The summed E-state index contributed by atoms with van der Waals surface area (Å²) in [6.45, 7) is 4.01. The van der Waals surface area contributed by atoms with Gasteiger partial charge in [-0.15, -0.1) is 0 Å². The van der Waals surface area contributed by atoms with Gasteiger partial charge in [0.2, 0.25) is 0 Å². The van der Waals surface area contributed by atoms with Crippen molar-refractivity contribution in [3.63, 3.8) is 0 Å². The maximum absolute atomic E-state index is 13.6. The SMILES string of the molecule is CCN(C(=O)Nc1cccc(F)c1)C(C)c1nc2ccccc2c(=O)n1-c1ccc(Br)cc1. The van der Waals surface area contributed by atoms with Crippen molar-refractivity contribution in [3.05, 3.63) is 99.3 Å². The van der Waals surface area contributed by atoms with Crippen molar-refractivity contribution in [3.8, 4) is 5.69 Å². The van der Waals surface area contributed by atoms with Crippen LogP contribution in [0.2, 0.25) is 0 Å². The molecule has 0 aliphatic carbocycles. The van der Waals surface area contributed by atoms with E-state index >= 15 is 0 Å². The summed E-state index contributed by atoms with van der Waals surface area (Å²) in [4.78, 5) is 32.9. The van der Waals surface area contributed by atoms with E-state index in [0.717, 1.165) is 4.47 Å². The monoisotopic (exact) mass is 508 g/mol. The molecule has 1 atom stereocenters. The van der Waals surface area contributed by atoms with Crippen molar-refractivity contribution in [2.75, 3.05) is 11.9 Å². The van der Waals surface area contributed by atoms with Crippen LogP contribution in [-0.4, -0.2) is 27.0 Å². The number of nitrogens with zero attached hydrogens (tertiary/aromatic N) is 3. The summed E-state index contributed by atoms with van der Waals surface area (Å²) < 4.78 is 16.0. The number of carbonyl (C=O) groups is 1. The fourth-order valence-corrected chi connectivity index (χ4v) is 4.03. The lowest BCUT2D eigenvalue weighted by molar-refractivity contribution is 0.193. The van der Waals surface area contributed by atoms with Crippen molar-refractivity contribution in [2.45, 2.75) is 19.9 Å². The van der Waals surface area contributed by atoms with E-state index in [1.807, 2.05) is 44.2 Å². The number of amides is 2. The number of carbonyl (C=O) groups excluding carboxylic acids is 1. The number of hydrogen-bond donors (Lipinski definition) is 1. The smallest absolute Gasteiger partial charge is 0.315 e. The van der Waals surface area contributed by atoms with Gasteiger partial charge in [0.05, 0.1) is 22.6 Å². The van der Waals surface area contributed by atoms with E-state index < -0.39 is 17.9 Å². The number of rotatable bonds is 5. The number of hydrogen-bond acceptors (Lipinski definition) is 3. The summed E-state index contributed by atoms with van der Waals surface area (Å²) >= 11 is 3.42. The van der Waals surface area contributed by atoms with Crippen molar-refractivity contribution in [1.82, 2.24) is 14.5 Å². The quantitative estimate of drug-likeness (QED) is 0.364. The van der Waals surface area contributed by atoms with Crippen molar-refractivity contribution >= 4 is 38.6 Å². The first-order valence-electron chi connectivity index (χ1n) is 10.5. The molecule has 0 spiro atoms. The molecular formula is C25H22BrFN4O2. The molecular weight excluding hydrogens is 487 g/mol. The van der Waals surface area contributed by atoms with Crippen LogP contribution in [0.1, 0.15) is 25.7 Å². The highest BCUT2D eigenvalue weighted by Gasteiger charge is 2.26. The third-order valence-electron chi connectivity index (χ3n) is 5.41. The zero-order valence-electron chi connectivity index (χ0n) is 18.1. The number of para-hydroxylation sites is 1. The molecule has 0 aliphatic rings. The fourth-order valence-electron chi connectivity index (χ4n) is 3.76. The van der Waals surface area contributed by atoms with Gasteiger partial charge in [0.25, 0.3) is 5.56 Å². The highest BCUT2D eigenvalue weighted by atomic mass is 79.9. The maximum atomic E-state index is 13.6. The van der Waals surface area contributed by atoms with Crippen molar-refractivity contribution in [1.29, 1.82) is 0 Å². The Bertz CT molecular complexity index is 1370. The molecule has 33 heavy (non-hydrogen) atoms. The summed E-state index contributed by atoms with van der Waals surface area (Å²) in [6, 6.07) is 19.2. The Morgan fingerprint density at radius 2 is 1.85 bits per heavy atom. The Hall–Kier alpha value is -3.52. The molecule has 8 heteroatoms. The molecule has 0 saturated carbocycles. The Kier molecular flexibility index (Phi) is 6.55. The van der Waals surface area contributed by atoms with Gasteiger partial charge in [-0.1, -0.05) is 34.1 Å². The number of halogens is 2. The summed E-state index contributed by atoms with van der Waals surface area (Å²) in [7, 11) is 0. The third-order valence-corrected chi connectivity index (χ3v) is 5.93. The van der Waals surface area contributed by atoms with Crippen LogP contribution in [0.5, 0.6) is 0 Å². The molecule has 2 amide bonds. The van der Waals surface area contributed by atoms with Gasteiger partial charge in [0, 0.05) is 16.7 Å². The number of benzene rings is 3. The van der Waals surface area contributed by atoms with Crippen LogP contribution in [0.4, 0.5) is 14.9 Å². The molecule has 4 rings (SSSR count). The minimum absolute atomic E-state index is 0.216. The van der Waals surface area contributed by atoms with Gasteiger partial charge in [0.1, 0.15) is 11.6 Å². The summed E-state index contributed by atoms with van der Waals surface area (Å²) in [5, 5.41) is 3.22. The minimum atomic E-state index is -0.551. The Morgan fingerprint density at radius 1 is 1.12 bits per heavy atom. The standard InChI is InChI=1S/C25H22BrFN4O2/c1-3-30(25(33)28-19-8-6-7-18(27)15-19)16(2)23-29-22-10-5-4-9-21(22)24(32)31(23)20-13-11-17(26)12-14-20/h4-16H,3H2,1-2H3,(H,28,33). The summed E-state index contributed by atoms with van der Waals surface area (Å²) in [5.74, 6) is -0.0126. The number of aromatic nitrogens is 2. The van der Waals surface area contributed by atoms with Crippen LogP contribution < -0.4 is 10.9 Å². The molecule has 1 aromatic heterocycles. The molecule has 1 unspecified atom stereocenters. The second-order valence-corrected chi connectivity index (χ2v) is 8.42. The molecule has 1 heterocycles. The van der Waals surface area contributed by atoms with Crippen LogP contribution in [-0.2, 0) is 0 Å². The van der Waals surface area contributed by atoms with E-state index in [0.29, 0.717) is 34.6 Å². The van der Waals surface area contributed by atoms with E-state index in [1.165, 1.54) is 22.8 Å². The summed E-state index contributed by atoms with van der Waals surface area (Å²) in [6.07, 6.45) is 0. The number of nitrogens with one attached hydrogen (secondary N) is 1. The van der Waals surface area contributed by atoms with Crippen LogP contribution in [0.25, 0.3) is 16.6 Å². The van der Waals surface area contributed by atoms with Crippen LogP contribution in [0.3, 0.4) is 0 Å². The lowest BCUT2D eigenvalue weighted by Gasteiger charge is -2.29. The second kappa shape index (κ2) is 9.54. The maximum Gasteiger partial charge on any atom is 0.322 e. The minimum Gasteiger partial charge on any atom is -0.315 e. The topological polar surface area (TPSA) is 67.2 Å². The molecule has 168 valence electrons. The van der Waals surface area contributed by atoms with Gasteiger partial charge in [-0.25, -0.2) is 14.2 Å². The zero-order chi connectivity index (χ0) is 23.5. The molecule has 0 bridgehead atoms. The largest absolute Gasteiger partial charge is 0.322 e. The first-order valence-corrected chi connectivity index (χ1v) is 11.3. The van der Waals surface area contributed by atoms with Gasteiger partial charge in [0.15, 0.2) is 0 Å². The predicted molar refractivity (Wildman–Crippen MR) is 131 cm³/mol. The lowest BCUT2D eigenvalue weighted by atomic mass is 10.2. The first kappa shape index (κ1) is 22.7. The zero-order valence-corrected chi connectivity index (χ0v) is 19.7. The average Bonchev–Trinajstić information content (AvgIpc) is 2.80. The summed E-state index contributed by atoms with van der Waals surface area (Å²) in [5.41, 5.74) is 1.33. The van der Waals surface area contributed by atoms with Crippen molar-refractivity contribution in [2.24, 2.45) is 0 Å². The Morgan fingerprint density at radius 3 is 2.55 bits per heavy atom. The third kappa shape index (κ3) is 4.66. The van der Waals surface area contributed by atoms with Gasteiger partial charge >= 0.3 is 6.03 Å². The van der Waals surface area contributed by atoms with Crippen LogP contribution in [0, 0.1) is 5.82 Å². The van der Waals surface area contributed by atoms with E-state index in [2.05, 4.69) is 21.2 Å². The van der Waals surface area contributed by atoms with E-state index in [9.17, 15) is 14.0 Å². The predicted octanol–water partition coefficient (Wildman–Crippen LogP) is 5.90. The average molecular weight is 509 g/mol. The molecule has 6 nitrogen and oxygen atoms in total. The van der Waals surface area contributed by atoms with Gasteiger partial charge in [-0.3, -0.25) is 9.36 Å². The van der Waals surface area contributed by atoms with E-state index in [-0.39, 0.29) is 5.56 Å². The number of anilines is 1. The van der Waals surface area contributed by atoms with Crippen molar-refractivity contribution < 1.29 is 9.18 Å². The normalized spacial score (nSPS) is 11.9. The lowest BCUT2D eigenvalue weighted by Crippen LogP contribution is -2.39. The first-order chi connectivity index (χ1) is 15.9. The molecule has 0 radical (unpaired) electrons. The molecule has 0 saturated heterocycles. The van der Waals surface area contributed by atoms with E-state index in [1.54, 1.807) is 29.2 Å². The van der Waals surface area contributed by atoms with E-state index in [4.69, 9.17) is 4.98 Å². The molecule has 1 N–H and O–H groups in total. The van der Waals surface area contributed by atoms with Crippen LogP contribution in [0.15, 0.2) is 82.1 Å². The van der Waals surface area contributed by atoms with Gasteiger partial charge in [-0.2, -0.15) is 0 Å². The highest BCUT2D eigenvalue weighted by Crippen LogP contribution is 2.24.